The fraction of sp³-hybridized carbons (Fsp3) is 0.500. The Bertz CT molecular complexity index is 899. The number of nitrogens with one attached hydrogen (secondary N) is 1. The zero-order valence-corrected chi connectivity index (χ0v) is 16.9. The third kappa shape index (κ3) is 5.31. The number of amides is 1. The van der Waals surface area contributed by atoms with Crippen molar-refractivity contribution in [1.29, 1.82) is 0 Å². The summed E-state index contributed by atoms with van der Waals surface area (Å²) in [6, 6.07) is 4.87. The SMILES string of the molecule is COc1cc(N2CCN(CC(F)(F)F)CC2)c2ncc(C(=O)N[C@H](C)CO)cc2c1. The number of carbonyl (C=O) groups is 1. The summed E-state index contributed by atoms with van der Waals surface area (Å²) in [6.07, 6.45) is -2.76. The van der Waals surface area contributed by atoms with E-state index in [0.29, 0.717) is 35.3 Å². The van der Waals surface area contributed by atoms with Crippen LogP contribution in [0, 0.1) is 0 Å². The van der Waals surface area contributed by atoms with Crippen LogP contribution in [0.15, 0.2) is 24.4 Å². The molecule has 3 rings (SSSR count). The summed E-state index contributed by atoms with van der Waals surface area (Å²) < 4.78 is 43.3. The molecule has 1 aromatic heterocycles. The predicted molar refractivity (Wildman–Crippen MR) is 107 cm³/mol. The summed E-state index contributed by atoms with van der Waals surface area (Å²) >= 11 is 0. The first-order valence-corrected chi connectivity index (χ1v) is 9.63. The first-order valence-electron chi connectivity index (χ1n) is 9.63. The molecule has 0 saturated carbocycles. The lowest BCUT2D eigenvalue weighted by molar-refractivity contribution is -0.146. The van der Waals surface area contributed by atoms with Crippen LogP contribution in [0.3, 0.4) is 0 Å². The molecular formula is C20H25F3N4O3. The number of fused-ring (bicyclic) bond motifs is 1. The highest BCUT2D eigenvalue weighted by Crippen LogP contribution is 2.32. The van der Waals surface area contributed by atoms with E-state index in [-0.39, 0.29) is 31.6 Å². The van der Waals surface area contributed by atoms with Gasteiger partial charge in [-0.15, -0.1) is 0 Å². The number of aliphatic hydroxyl groups is 1. The van der Waals surface area contributed by atoms with Gasteiger partial charge in [-0.2, -0.15) is 13.2 Å². The maximum atomic E-state index is 12.6. The number of halogens is 3. The van der Waals surface area contributed by atoms with Gasteiger partial charge in [0.15, 0.2) is 0 Å². The summed E-state index contributed by atoms with van der Waals surface area (Å²) in [6.45, 7) is 2.03. The first kappa shape index (κ1) is 22.1. The number of carbonyl (C=O) groups excluding carboxylic acids is 1. The molecule has 30 heavy (non-hydrogen) atoms. The van der Waals surface area contributed by atoms with Gasteiger partial charge in [-0.3, -0.25) is 14.7 Å². The Morgan fingerprint density at radius 1 is 1.27 bits per heavy atom. The summed E-state index contributed by atoms with van der Waals surface area (Å²) in [5.41, 5.74) is 1.75. The molecule has 1 saturated heterocycles. The zero-order chi connectivity index (χ0) is 21.9. The highest BCUT2D eigenvalue weighted by molar-refractivity contribution is 6.00. The minimum atomic E-state index is -4.21. The van der Waals surface area contributed by atoms with E-state index in [1.807, 2.05) is 11.0 Å². The molecule has 1 amide bonds. The van der Waals surface area contributed by atoms with Crippen molar-refractivity contribution in [3.63, 3.8) is 0 Å². The maximum Gasteiger partial charge on any atom is 0.401 e. The molecule has 1 aliphatic heterocycles. The Kier molecular flexibility index (Phi) is 6.67. The Morgan fingerprint density at radius 2 is 1.97 bits per heavy atom. The number of methoxy groups -OCH3 is 1. The molecule has 0 bridgehead atoms. The van der Waals surface area contributed by atoms with Gasteiger partial charge in [0.1, 0.15) is 5.75 Å². The van der Waals surface area contributed by atoms with Gasteiger partial charge in [0.25, 0.3) is 5.91 Å². The lowest BCUT2D eigenvalue weighted by Gasteiger charge is -2.36. The minimum absolute atomic E-state index is 0.176. The number of aromatic nitrogens is 1. The number of piperazine rings is 1. The van der Waals surface area contributed by atoms with Gasteiger partial charge in [-0.05, 0) is 19.1 Å². The fourth-order valence-electron chi connectivity index (χ4n) is 3.44. The smallest absolute Gasteiger partial charge is 0.401 e. The van der Waals surface area contributed by atoms with Gasteiger partial charge in [0.2, 0.25) is 0 Å². The van der Waals surface area contributed by atoms with Crippen molar-refractivity contribution in [1.82, 2.24) is 15.2 Å². The highest BCUT2D eigenvalue weighted by Gasteiger charge is 2.32. The van der Waals surface area contributed by atoms with Crippen molar-refractivity contribution in [2.24, 2.45) is 0 Å². The van der Waals surface area contributed by atoms with Crippen molar-refractivity contribution >= 4 is 22.5 Å². The van der Waals surface area contributed by atoms with E-state index in [9.17, 15) is 18.0 Å². The van der Waals surface area contributed by atoms with Crippen LogP contribution in [-0.2, 0) is 0 Å². The molecule has 7 nitrogen and oxygen atoms in total. The number of hydrogen-bond donors (Lipinski definition) is 2. The monoisotopic (exact) mass is 426 g/mol. The number of alkyl halides is 3. The molecule has 1 aliphatic rings. The molecule has 2 N–H and O–H groups in total. The molecule has 0 radical (unpaired) electrons. The third-order valence-corrected chi connectivity index (χ3v) is 5.00. The molecular weight excluding hydrogens is 401 g/mol. The second-order valence-electron chi connectivity index (χ2n) is 7.38. The summed E-state index contributed by atoms with van der Waals surface area (Å²) in [5, 5.41) is 12.5. The van der Waals surface area contributed by atoms with E-state index in [4.69, 9.17) is 9.84 Å². The van der Waals surface area contributed by atoms with Crippen LogP contribution in [0.4, 0.5) is 18.9 Å². The van der Waals surface area contributed by atoms with E-state index < -0.39 is 12.7 Å². The van der Waals surface area contributed by atoms with Crippen molar-refractivity contribution in [2.45, 2.75) is 19.1 Å². The van der Waals surface area contributed by atoms with E-state index in [2.05, 4.69) is 10.3 Å². The molecule has 1 atom stereocenters. The van der Waals surface area contributed by atoms with Gasteiger partial charge in [-0.25, -0.2) is 0 Å². The fourth-order valence-corrected chi connectivity index (χ4v) is 3.44. The van der Waals surface area contributed by atoms with Crippen LogP contribution < -0.4 is 15.0 Å². The van der Waals surface area contributed by atoms with Gasteiger partial charge in [-0.1, -0.05) is 0 Å². The van der Waals surface area contributed by atoms with Crippen LogP contribution in [-0.4, -0.2) is 79.6 Å². The molecule has 0 unspecified atom stereocenters. The average molecular weight is 426 g/mol. The van der Waals surface area contributed by atoms with E-state index in [1.165, 1.54) is 18.2 Å². The summed E-state index contributed by atoms with van der Waals surface area (Å²) in [4.78, 5) is 20.2. The zero-order valence-electron chi connectivity index (χ0n) is 16.9. The minimum Gasteiger partial charge on any atom is -0.497 e. The Hall–Kier alpha value is -2.59. The quantitative estimate of drug-likeness (QED) is 0.736. The topological polar surface area (TPSA) is 77.9 Å². The summed E-state index contributed by atoms with van der Waals surface area (Å²) in [5.74, 6) is 0.217. The lowest BCUT2D eigenvalue weighted by Crippen LogP contribution is -2.49. The number of nitrogens with zero attached hydrogens (tertiary/aromatic N) is 3. The standard InChI is InChI=1S/C20H25F3N4O3/c1-13(11-28)25-19(29)15-7-14-8-16(30-2)9-17(18(14)24-10-15)27-5-3-26(4-6-27)12-20(21,22)23/h7-10,13,28H,3-6,11-12H2,1-2H3,(H,25,29)/t13-/m1/s1. The molecule has 1 aromatic carbocycles. The second kappa shape index (κ2) is 9.05. The lowest BCUT2D eigenvalue weighted by atomic mass is 10.1. The van der Waals surface area contributed by atoms with Crippen molar-refractivity contribution in [2.75, 3.05) is 51.3 Å². The van der Waals surface area contributed by atoms with Crippen molar-refractivity contribution in [3.8, 4) is 5.75 Å². The molecule has 2 heterocycles. The molecule has 0 spiro atoms. The van der Waals surface area contributed by atoms with Gasteiger partial charge < -0.3 is 20.1 Å². The Labute approximate surface area is 172 Å². The van der Waals surface area contributed by atoms with E-state index in [1.54, 1.807) is 19.1 Å². The van der Waals surface area contributed by atoms with Crippen LogP contribution in [0.5, 0.6) is 5.75 Å². The van der Waals surface area contributed by atoms with Gasteiger partial charge in [0, 0.05) is 49.9 Å². The Morgan fingerprint density at radius 3 is 2.57 bits per heavy atom. The van der Waals surface area contributed by atoms with Crippen LogP contribution in [0.25, 0.3) is 10.9 Å². The normalized spacial score (nSPS) is 16.5. The molecule has 0 aliphatic carbocycles. The van der Waals surface area contributed by atoms with Crippen LogP contribution >= 0.6 is 0 Å². The first-order chi connectivity index (χ1) is 14.2. The molecule has 1 fully saturated rings. The number of rotatable bonds is 6. The predicted octanol–water partition coefficient (Wildman–Crippen LogP) is 2.04. The second-order valence-corrected chi connectivity index (χ2v) is 7.38. The molecule has 164 valence electrons. The summed E-state index contributed by atoms with van der Waals surface area (Å²) in [7, 11) is 1.53. The average Bonchev–Trinajstić information content (AvgIpc) is 2.71. The van der Waals surface area contributed by atoms with Crippen molar-refractivity contribution < 1.29 is 27.8 Å². The van der Waals surface area contributed by atoms with Gasteiger partial charge in [0.05, 0.1) is 37.0 Å². The van der Waals surface area contributed by atoms with E-state index in [0.717, 1.165) is 5.69 Å². The molecule has 10 heteroatoms. The van der Waals surface area contributed by atoms with Crippen LogP contribution in [0.1, 0.15) is 17.3 Å². The Balaban J connectivity index is 1.85. The number of hydrogen-bond acceptors (Lipinski definition) is 6. The number of ether oxygens (including phenoxy) is 1. The van der Waals surface area contributed by atoms with Gasteiger partial charge >= 0.3 is 6.18 Å². The number of anilines is 1. The third-order valence-electron chi connectivity index (χ3n) is 5.00. The number of benzene rings is 1. The maximum absolute atomic E-state index is 12.6. The van der Waals surface area contributed by atoms with Crippen molar-refractivity contribution in [3.05, 3.63) is 30.0 Å². The van der Waals surface area contributed by atoms with E-state index >= 15 is 0 Å². The number of pyridine rings is 1. The molecule has 2 aromatic rings. The highest BCUT2D eigenvalue weighted by atomic mass is 19.4. The largest absolute Gasteiger partial charge is 0.497 e. The number of aliphatic hydroxyl groups excluding tert-OH is 1. The van der Waals surface area contributed by atoms with Crippen LogP contribution in [0.2, 0.25) is 0 Å².